The fourth-order valence-corrected chi connectivity index (χ4v) is 1.88. The average molecular weight is 253 g/mol. The number of hydrogen-bond acceptors (Lipinski definition) is 2. The van der Waals surface area contributed by atoms with Gasteiger partial charge in [-0.2, -0.15) is 0 Å². The van der Waals surface area contributed by atoms with Gasteiger partial charge in [-0.05, 0) is 36.6 Å². The van der Waals surface area contributed by atoms with Gasteiger partial charge in [0.05, 0.1) is 23.0 Å². The highest BCUT2D eigenvalue weighted by atomic mass is 14.9. The summed E-state index contributed by atoms with van der Waals surface area (Å²) in [4.78, 5) is 11.7. The first-order valence-corrected chi connectivity index (χ1v) is 6.76. The van der Waals surface area contributed by atoms with E-state index in [2.05, 4.69) is 33.2 Å². The smallest absolute Gasteiger partial charge is 0.0931 e. The lowest BCUT2D eigenvalue weighted by atomic mass is 10.1. The summed E-state index contributed by atoms with van der Waals surface area (Å²) in [6, 6.07) is 5.96. The zero-order chi connectivity index (χ0) is 13.5. The van der Waals surface area contributed by atoms with Crippen LogP contribution in [0.5, 0.6) is 0 Å². The van der Waals surface area contributed by atoms with E-state index in [1.807, 2.05) is 38.3 Å². The van der Waals surface area contributed by atoms with Gasteiger partial charge in [0, 0.05) is 6.21 Å². The van der Waals surface area contributed by atoms with Gasteiger partial charge in [0.1, 0.15) is 0 Å². The van der Waals surface area contributed by atoms with Crippen LogP contribution in [0.3, 0.4) is 0 Å². The topological polar surface area (TPSA) is 41.0 Å². The Morgan fingerprint density at radius 1 is 1.26 bits per heavy atom. The second kappa shape index (κ2) is 6.69. The summed E-state index contributed by atoms with van der Waals surface area (Å²) in [5.74, 6) is 0. The minimum absolute atomic E-state index is 0.946. The monoisotopic (exact) mass is 253 g/mol. The van der Waals surface area contributed by atoms with Crippen LogP contribution in [0.25, 0.3) is 11.0 Å². The van der Waals surface area contributed by atoms with Crippen LogP contribution in [0.2, 0.25) is 0 Å². The van der Waals surface area contributed by atoms with E-state index in [0.717, 1.165) is 29.6 Å². The van der Waals surface area contributed by atoms with Crippen molar-refractivity contribution in [2.24, 2.45) is 4.99 Å². The molecule has 1 aliphatic carbocycles. The predicted molar refractivity (Wildman–Crippen MR) is 82.1 cm³/mol. The number of fused-ring (bicyclic) bond motifs is 1. The number of allylic oxidation sites excluding steroid dienone is 4. The van der Waals surface area contributed by atoms with Crippen LogP contribution >= 0.6 is 0 Å². The molecule has 0 aliphatic heterocycles. The van der Waals surface area contributed by atoms with E-state index in [9.17, 15) is 0 Å². The number of aliphatic imine (C=N–C) groups is 1. The van der Waals surface area contributed by atoms with Crippen LogP contribution in [0.4, 0.5) is 5.69 Å². The highest BCUT2D eigenvalue weighted by Gasteiger charge is 1.97. The van der Waals surface area contributed by atoms with Gasteiger partial charge in [-0.3, -0.25) is 4.99 Å². The van der Waals surface area contributed by atoms with E-state index >= 15 is 0 Å². The number of aromatic amines is 1. The molecule has 0 amide bonds. The molecule has 3 nitrogen and oxygen atoms in total. The summed E-state index contributed by atoms with van der Waals surface area (Å²) in [5.41, 5.74) is 4.12. The first kappa shape index (κ1) is 13.3. The van der Waals surface area contributed by atoms with Crippen molar-refractivity contribution in [1.29, 1.82) is 0 Å². The molecule has 0 spiro atoms. The van der Waals surface area contributed by atoms with Crippen LogP contribution in [-0.4, -0.2) is 16.2 Å². The normalized spacial score (nSPS) is 14.3. The molecule has 1 aromatic carbocycles. The third-order valence-corrected chi connectivity index (χ3v) is 2.79. The summed E-state index contributed by atoms with van der Waals surface area (Å²) >= 11 is 0. The van der Waals surface area contributed by atoms with Gasteiger partial charge >= 0.3 is 0 Å². The molecular weight excluding hydrogens is 234 g/mol. The van der Waals surface area contributed by atoms with Crippen molar-refractivity contribution in [2.45, 2.75) is 26.7 Å². The largest absolute Gasteiger partial charge is 0.345 e. The summed E-state index contributed by atoms with van der Waals surface area (Å²) in [6.45, 7) is 4.00. The number of benzene rings is 1. The molecule has 1 heterocycles. The van der Waals surface area contributed by atoms with Gasteiger partial charge in [0.15, 0.2) is 0 Å². The maximum absolute atomic E-state index is 4.47. The minimum atomic E-state index is 0.946. The molecule has 1 aromatic heterocycles. The third kappa shape index (κ3) is 3.41. The Balaban J connectivity index is 0.000000637. The van der Waals surface area contributed by atoms with Crippen molar-refractivity contribution in [3.63, 3.8) is 0 Å². The molecule has 0 saturated heterocycles. The van der Waals surface area contributed by atoms with Crippen molar-refractivity contribution in [3.05, 3.63) is 48.3 Å². The Morgan fingerprint density at radius 3 is 2.95 bits per heavy atom. The van der Waals surface area contributed by atoms with Crippen molar-refractivity contribution < 1.29 is 0 Å². The standard InChI is InChI=1S/C14H13N3.C2H6/c1-2-4-11(5-3-1)9-15-12-6-7-13-14(8-12)17-10-16-13;1-2/h2,4-10H,1,3H2,(H,16,17);1-2H3. The van der Waals surface area contributed by atoms with Crippen LogP contribution in [0.1, 0.15) is 26.7 Å². The van der Waals surface area contributed by atoms with E-state index in [4.69, 9.17) is 0 Å². The SMILES string of the molecule is C1=CC(C=Nc2ccc3nc[nH]c3c2)=CCC1.CC. The Bertz CT molecular complexity index is 618. The van der Waals surface area contributed by atoms with E-state index in [1.54, 1.807) is 6.33 Å². The molecule has 0 fully saturated rings. The Morgan fingerprint density at radius 2 is 2.16 bits per heavy atom. The van der Waals surface area contributed by atoms with Gasteiger partial charge < -0.3 is 4.98 Å². The summed E-state index contributed by atoms with van der Waals surface area (Å²) in [5, 5.41) is 0. The summed E-state index contributed by atoms with van der Waals surface area (Å²) < 4.78 is 0. The number of aromatic nitrogens is 2. The Hall–Kier alpha value is -2.16. The fraction of sp³-hybridized carbons (Fsp3) is 0.250. The molecular formula is C16H19N3. The molecule has 98 valence electrons. The molecule has 0 atom stereocenters. The maximum atomic E-state index is 4.47. The Labute approximate surface area is 113 Å². The molecule has 19 heavy (non-hydrogen) atoms. The van der Waals surface area contributed by atoms with Crippen LogP contribution < -0.4 is 0 Å². The van der Waals surface area contributed by atoms with Gasteiger partial charge in [0.25, 0.3) is 0 Å². The van der Waals surface area contributed by atoms with Gasteiger partial charge in [-0.15, -0.1) is 0 Å². The van der Waals surface area contributed by atoms with E-state index in [-0.39, 0.29) is 0 Å². The second-order valence-electron chi connectivity index (χ2n) is 4.05. The summed E-state index contributed by atoms with van der Waals surface area (Å²) in [6.07, 6.45) is 12.4. The predicted octanol–water partition coefficient (Wildman–Crippen LogP) is 4.57. The molecule has 1 N–H and O–H groups in total. The van der Waals surface area contributed by atoms with Crippen molar-refractivity contribution >= 4 is 22.9 Å². The van der Waals surface area contributed by atoms with Crippen molar-refractivity contribution in [2.75, 3.05) is 0 Å². The lowest BCUT2D eigenvalue weighted by molar-refractivity contribution is 1.03. The molecule has 2 aromatic rings. The van der Waals surface area contributed by atoms with Crippen LogP contribution in [0, 0.1) is 0 Å². The van der Waals surface area contributed by atoms with Gasteiger partial charge in [0.2, 0.25) is 0 Å². The zero-order valence-electron chi connectivity index (χ0n) is 11.4. The van der Waals surface area contributed by atoms with E-state index in [0.29, 0.717) is 0 Å². The van der Waals surface area contributed by atoms with E-state index < -0.39 is 0 Å². The Kier molecular flexibility index (Phi) is 4.67. The lowest BCUT2D eigenvalue weighted by Gasteiger charge is -2.00. The fourth-order valence-electron chi connectivity index (χ4n) is 1.88. The van der Waals surface area contributed by atoms with Crippen molar-refractivity contribution in [1.82, 2.24) is 9.97 Å². The third-order valence-electron chi connectivity index (χ3n) is 2.79. The number of rotatable bonds is 2. The first-order valence-electron chi connectivity index (χ1n) is 6.76. The number of imidazole rings is 1. The highest BCUT2D eigenvalue weighted by Crippen LogP contribution is 2.18. The minimum Gasteiger partial charge on any atom is -0.345 e. The van der Waals surface area contributed by atoms with Crippen LogP contribution in [0.15, 0.2) is 53.3 Å². The zero-order valence-corrected chi connectivity index (χ0v) is 11.4. The molecule has 0 radical (unpaired) electrons. The summed E-state index contributed by atoms with van der Waals surface area (Å²) in [7, 11) is 0. The second-order valence-corrected chi connectivity index (χ2v) is 4.05. The number of hydrogen-bond donors (Lipinski definition) is 1. The lowest BCUT2D eigenvalue weighted by Crippen LogP contribution is -1.85. The van der Waals surface area contributed by atoms with Gasteiger partial charge in [-0.25, -0.2) is 4.98 Å². The van der Waals surface area contributed by atoms with Crippen molar-refractivity contribution in [3.8, 4) is 0 Å². The quantitative estimate of drug-likeness (QED) is 0.783. The highest BCUT2D eigenvalue weighted by molar-refractivity contribution is 5.86. The average Bonchev–Trinajstić information content (AvgIpc) is 2.96. The van der Waals surface area contributed by atoms with Crippen LogP contribution in [-0.2, 0) is 0 Å². The molecule has 3 heteroatoms. The van der Waals surface area contributed by atoms with E-state index in [1.165, 1.54) is 5.57 Å². The first-order chi connectivity index (χ1) is 9.42. The molecule has 0 saturated carbocycles. The number of nitrogens with zero attached hydrogens (tertiary/aromatic N) is 2. The molecule has 0 bridgehead atoms. The molecule has 3 rings (SSSR count). The van der Waals surface area contributed by atoms with Gasteiger partial charge in [-0.1, -0.05) is 32.1 Å². The molecule has 1 aliphatic rings. The molecule has 0 unspecified atom stereocenters. The number of H-pyrrole nitrogens is 1. The maximum Gasteiger partial charge on any atom is 0.0931 e. The number of nitrogens with one attached hydrogen (secondary N) is 1.